The fourth-order valence-electron chi connectivity index (χ4n) is 0.481. The van der Waals surface area contributed by atoms with Gasteiger partial charge in [-0.3, -0.25) is 0 Å². The Morgan fingerprint density at radius 2 is 2.00 bits per heavy atom. The molecule has 0 aromatic rings. The van der Waals surface area contributed by atoms with Gasteiger partial charge in [0.2, 0.25) is 0 Å². The highest BCUT2D eigenvalue weighted by molar-refractivity contribution is 7.90. The minimum absolute atomic E-state index is 0.370. The van der Waals surface area contributed by atoms with Crippen molar-refractivity contribution in [1.82, 2.24) is 4.72 Å². The van der Waals surface area contributed by atoms with Gasteiger partial charge in [0.1, 0.15) is 0 Å². The van der Waals surface area contributed by atoms with Crippen molar-refractivity contribution in [3.05, 3.63) is 12.2 Å². The average molecular weight is 199 g/mol. The fraction of sp³-hybridized carbons (Fsp3) is 0.667. The molecule has 0 bridgehead atoms. The van der Waals surface area contributed by atoms with Crippen LogP contribution in [0, 0.1) is 0 Å². The van der Waals surface area contributed by atoms with Gasteiger partial charge in [0.05, 0.1) is 0 Å². The van der Waals surface area contributed by atoms with Gasteiger partial charge < -0.3 is 0 Å². The smallest absolute Gasteiger partial charge is 0.213 e. The highest BCUT2D eigenvalue weighted by Gasteiger charge is 2.40. The van der Waals surface area contributed by atoms with E-state index in [1.807, 2.05) is 0 Å². The molecule has 0 aliphatic rings. The number of hydrogen-bond donors (Lipinski definition) is 1. The number of hydrogen-bond acceptors (Lipinski definition) is 2. The number of nitrogens with one attached hydrogen (secondary N) is 1. The molecular formula is C6H11F2NO2S. The summed E-state index contributed by atoms with van der Waals surface area (Å²) in [6.45, 7) is 1.64. The molecule has 0 atom stereocenters. The van der Waals surface area contributed by atoms with E-state index in [0.717, 1.165) is 13.1 Å². The van der Waals surface area contributed by atoms with Crippen LogP contribution in [-0.2, 0) is 10.0 Å². The van der Waals surface area contributed by atoms with Crippen LogP contribution >= 0.6 is 0 Å². The molecule has 0 amide bonds. The van der Waals surface area contributed by atoms with E-state index in [9.17, 15) is 17.2 Å². The first-order valence-corrected chi connectivity index (χ1v) is 4.84. The average Bonchev–Trinajstić information content (AvgIpc) is 2.00. The summed E-state index contributed by atoms with van der Waals surface area (Å²) < 4.78 is 48.1. The third-order valence-electron chi connectivity index (χ3n) is 1.17. The lowest BCUT2D eigenvalue weighted by molar-refractivity contribution is 0.145. The summed E-state index contributed by atoms with van der Waals surface area (Å²) in [4.78, 5) is 0. The Morgan fingerprint density at radius 1 is 1.50 bits per heavy atom. The Hall–Kier alpha value is -0.490. The van der Waals surface area contributed by atoms with Crippen LogP contribution in [0.25, 0.3) is 0 Å². The van der Waals surface area contributed by atoms with Crippen molar-refractivity contribution in [2.75, 3.05) is 7.05 Å². The number of halogens is 2. The Kier molecular flexibility index (Phi) is 3.79. The zero-order valence-corrected chi connectivity index (χ0v) is 7.66. The standard InChI is InChI=1S/C6H11F2NO2S/c1-3-4-5-6(7,8)12(10,11)9-2/h4-5,9H,3H2,1-2H3. The molecule has 0 heterocycles. The van der Waals surface area contributed by atoms with Gasteiger partial charge in [0.15, 0.2) is 0 Å². The van der Waals surface area contributed by atoms with Gasteiger partial charge in [0.25, 0.3) is 10.0 Å². The fourth-order valence-corrected chi connectivity index (χ4v) is 1.03. The quantitative estimate of drug-likeness (QED) is 0.689. The van der Waals surface area contributed by atoms with Gasteiger partial charge in [0, 0.05) is 0 Å². The molecule has 0 aromatic heterocycles. The summed E-state index contributed by atoms with van der Waals surface area (Å²) in [6.07, 6.45) is 1.85. The summed E-state index contributed by atoms with van der Waals surface area (Å²) >= 11 is 0. The maximum absolute atomic E-state index is 12.7. The molecule has 0 aromatic carbocycles. The topological polar surface area (TPSA) is 46.2 Å². The van der Waals surface area contributed by atoms with E-state index in [-0.39, 0.29) is 0 Å². The molecule has 1 N–H and O–H groups in total. The highest BCUT2D eigenvalue weighted by Crippen LogP contribution is 2.21. The predicted octanol–water partition coefficient (Wildman–Crippen LogP) is 1.09. The molecule has 0 saturated heterocycles. The van der Waals surface area contributed by atoms with Crippen LogP contribution in [0.15, 0.2) is 12.2 Å². The molecule has 0 rings (SSSR count). The van der Waals surface area contributed by atoms with Crippen LogP contribution in [0.3, 0.4) is 0 Å². The summed E-state index contributed by atoms with van der Waals surface area (Å²) in [7, 11) is -3.59. The van der Waals surface area contributed by atoms with Gasteiger partial charge in [-0.05, 0) is 19.5 Å². The molecule has 0 aliphatic carbocycles. The molecular weight excluding hydrogens is 188 g/mol. The van der Waals surface area contributed by atoms with Crippen LogP contribution < -0.4 is 4.72 Å². The first kappa shape index (κ1) is 11.5. The Labute approximate surface area is 70.5 Å². The summed E-state index contributed by atoms with van der Waals surface area (Å²) in [6, 6.07) is 0. The maximum Gasteiger partial charge on any atom is 0.377 e. The molecule has 3 nitrogen and oxygen atoms in total. The summed E-state index contributed by atoms with van der Waals surface area (Å²) in [5.41, 5.74) is 0. The van der Waals surface area contributed by atoms with E-state index in [2.05, 4.69) is 0 Å². The van der Waals surface area contributed by atoms with Crippen molar-refractivity contribution in [1.29, 1.82) is 0 Å². The molecule has 0 spiro atoms. The Balaban J connectivity index is 4.73. The van der Waals surface area contributed by atoms with Crippen LogP contribution in [-0.4, -0.2) is 20.7 Å². The third kappa shape index (κ3) is 2.53. The van der Waals surface area contributed by atoms with Crippen molar-refractivity contribution in [3.8, 4) is 0 Å². The van der Waals surface area contributed by atoms with E-state index in [0.29, 0.717) is 12.5 Å². The lowest BCUT2D eigenvalue weighted by Gasteiger charge is -2.10. The van der Waals surface area contributed by atoms with Crippen molar-refractivity contribution >= 4 is 10.0 Å². The van der Waals surface area contributed by atoms with E-state index < -0.39 is 15.3 Å². The van der Waals surface area contributed by atoms with Gasteiger partial charge in [-0.2, -0.15) is 8.78 Å². The van der Waals surface area contributed by atoms with Crippen LogP contribution in [0.4, 0.5) is 8.78 Å². The molecule has 0 saturated carbocycles. The van der Waals surface area contributed by atoms with E-state index >= 15 is 0 Å². The Morgan fingerprint density at radius 3 is 2.33 bits per heavy atom. The second kappa shape index (κ2) is 3.95. The van der Waals surface area contributed by atoms with Crippen molar-refractivity contribution in [2.45, 2.75) is 18.6 Å². The SMILES string of the molecule is CCC=CC(F)(F)S(=O)(=O)NC. The highest BCUT2D eigenvalue weighted by atomic mass is 32.2. The second-order valence-corrected chi connectivity index (χ2v) is 4.04. The number of allylic oxidation sites excluding steroid dienone is 1. The molecule has 0 fully saturated rings. The van der Waals surface area contributed by atoms with E-state index in [1.54, 1.807) is 11.6 Å². The number of alkyl halides is 2. The van der Waals surface area contributed by atoms with Crippen LogP contribution in [0.2, 0.25) is 0 Å². The zero-order chi connectivity index (χ0) is 9.83. The van der Waals surface area contributed by atoms with Gasteiger partial charge in [-0.15, -0.1) is 0 Å². The summed E-state index contributed by atoms with van der Waals surface area (Å²) in [5.74, 6) is 0. The molecule has 12 heavy (non-hydrogen) atoms. The van der Waals surface area contributed by atoms with Crippen molar-refractivity contribution in [2.24, 2.45) is 0 Å². The largest absolute Gasteiger partial charge is 0.377 e. The van der Waals surface area contributed by atoms with Crippen LogP contribution in [0.1, 0.15) is 13.3 Å². The normalized spacial score (nSPS) is 14.0. The predicted molar refractivity (Wildman–Crippen MR) is 42.4 cm³/mol. The molecule has 72 valence electrons. The lowest BCUT2D eigenvalue weighted by atomic mass is 10.4. The minimum atomic E-state index is -4.54. The number of sulfonamides is 1. The lowest BCUT2D eigenvalue weighted by Crippen LogP contribution is -2.35. The molecule has 0 unspecified atom stereocenters. The third-order valence-corrected chi connectivity index (χ3v) is 2.56. The minimum Gasteiger partial charge on any atom is -0.213 e. The molecule has 6 heteroatoms. The van der Waals surface area contributed by atoms with Gasteiger partial charge in [-0.1, -0.05) is 13.0 Å². The Bertz CT molecular complexity index is 259. The number of rotatable bonds is 4. The van der Waals surface area contributed by atoms with Gasteiger partial charge in [-0.25, -0.2) is 13.1 Å². The van der Waals surface area contributed by atoms with Gasteiger partial charge >= 0.3 is 5.25 Å². The van der Waals surface area contributed by atoms with E-state index in [4.69, 9.17) is 0 Å². The van der Waals surface area contributed by atoms with E-state index in [1.165, 1.54) is 0 Å². The molecule has 0 radical (unpaired) electrons. The second-order valence-electron chi connectivity index (χ2n) is 2.08. The molecule has 0 aliphatic heterocycles. The first-order valence-electron chi connectivity index (χ1n) is 3.36. The first-order chi connectivity index (χ1) is 5.37. The monoisotopic (exact) mass is 199 g/mol. The zero-order valence-electron chi connectivity index (χ0n) is 6.84. The van der Waals surface area contributed by atoms with Crippen molar-refractivity contribution < 1.29 is 17.2 Å². The maximum atomic E-state index is 12.7. The van der Waals surface area contributed by atoms with Crippen LogP contribution in [0.5, 0.6) is 0 Å². The van der Waals surface area contributed by atoms with Crippen molar-refractivity contribution in [3.63, 3.8) is 0 Å². The summed E-state index contributed by atoms with van der Waals surface area (Å²) in [5, 5.41) is -3.82.